The van der Waals surface area contributed by atoms with Gasteiger partial charge in [0.05, 0.1) is 6.04 Å². The molecule has 1 atom stereocenters. The number of hydrogen-bond acceptors (Lipinski definition) is 4. The Bertz CT molecular complexity index is 696. The number of likely N-dealkylation sites (tertiary alicyclic amines) is 1. The zero-order chi connectivity index (χ0) is 17.6. The van der Waals surface area contributed by atoms with Crippen LogP contribution in [0.25, 0.3) is 0 Å². The highest BCUT2D eigenvalue weighted by atomic mass is 16.5. The summed E-state index contributed by atoms with van der Waals surface area (Å²) in [5.41, 5.74) is 2.12. The maximum absolute atomic E-state index is 12.5. The predicted octanol–water partition coefficient (Wildman–Crippen LogP) is 3.22. The molecule has 0 unspecified atom stereocenters. The van der Waals surface area contributed by atoms with Crippen molar-refractivity contribution >= 4 is 6.03 Å². The Kier molecular flexibility index (Phi) is 5.71. The van der Waals surface area contributed by atoms with Gasteiger partial charge < -0.3 is 19.4 Å². The summed E-state index contributed by atoms with van der Waals surface area (Å²) in [6, 6.07) is 7.87. The molecule has 3 heterocycles. The molecule has 1 N–H and O–H groups in total. The summed E-state index contributed by atoms with van der Waals surface area (Å²) in [5.74, 6) is 1.62. The average Bonchev–Trinajstić information content (AvgIpc) is 3.26. The van der Waals surface area contributed by atoms with E-state index < -0.39 is 0 Å². The molecule has 1 aliphatic heterocycles. The van der Waals surface area contributed by atoms with Crippen molar-refractivity contribution < 1.29 is 13.9 Å². The van der Waals surface area contributed by atoms with E-state index in [2.05, 4.69) is 10.3 Å². The zero-order valence-corrected chi connectivity index (χ0v) is 14.8. The second-order valence-electron chi connectivity index (χ2n) is 6.38. The lowest BCUT2D eigenvalue weighted by Gasteiger charge is -2.23. The SMILES string of the molecule is COCc1ccc([C@@H]2CCCN2C(=O)NCCc2ccc(C)nc2)o1. The Morgan fingerprint density at radius 2 is 2.28 bits per heavy atom. The van der Waals surface area contributed by atoms with E-state index in [0.29, 0.717) is 13.2 Å². The van der Waals surface area contributed by atoms with Crippen LogP contribution in [-0.2, 0) is 17.8 Å². The van der Waals surface area contributed by atoms with Crippen molar-refractivity contribution in [3.05, 3.63) is 53.2 Å². The molecular weight excluding hydrogens is 318 g/mol. The van der Waals surface area contributed by atoms with Gasteiger partial charge in [-0.1, -0.05) is 6.07 Å². The molecule has 2 aromatic heterocycles. The van der Waals surface area contributed by atoms with Gasteiger partial charge in [0, 0.05) is 32.1 Å². The molecule has 0 spiro atoms. The van der Waals surface area contributed by atoms with E-state index in [0.717, 1.165) is 48.6 Å². The lowest BCUT2D eigenvalue weighted by molar-refractivity contribution is 0.156. The number of aromatic nitrogens is 1. The Balaban J connectivity index is 1.54. The van der Waals surface area contributed by atoms with E-state index in [9.17, 15) is 4.79 Å². The quantitative estimate of drug-likeness (QED) is 0.874. The Hall–Kier alpha value is -2.34. The molecule has 0 bridgehead atoms. The Morgan fingerprint density at radius 1 is 1.40 bits per heavy atom. The molecule has 0 saturated carbocycles. The summed E-state index contributed by atoms with van der Waals surface area (Å²) in [4.78, 5) is 18.7. The predicted molar refractivity (Wildman–Crippen MR) is 94.2 cm³/mol. The second-order valence-corrected chi connectivity index (χ2v) is 6.38. The largest absolute Gasteiger partial charge is 0.461 e. The number of rotatable bonds is 6. The lowest BCUT2D eigenvalue weighted by Crippen LogP contribution is -2.40. The van der Waals surface area contributed by atoms with Crippen molar-refractivity contribution in [2.75, 3.05) is 20.2 Å². The number of carbonyl (C=O) groups excluding carboxylic acids is 1. The maximum atomic E-state index is 12.5. The molecule has 1 saturated heterocycles. The number of ether oxygens (including phenoxy) is 1. The van der Waals surface area contributed by atoms with Crippen molar-refractivity contribution in [2.45, 2.75) is 38.8 Å². The van der Waals surface area contributed by atoms with Crippen molar-refractivity contribution in [1.29, 1.82) is 0 Å². The second kappa shape index (κ2) is 8.16. The van der Waals surface area contributed by atoms with Crippen LogP contribution in [0.2, 0.25) is 0 Å². The number of carbonyl (C=O) groups is 1. The van der Waals surface area contributed by atoms with Gasteiger partial charge in [-0.15, -0.1) is 0 Å². The van der Waals surface area contributed by atoms with E-state index >= 15 is 0 Å². The molecule has 6 heteroatoms. The Labute approximate surface area is 148 Å². The number of urea groups is 1. The Morgan fingerprint density at radius 3 is 3.04 bits per heavy atom. The molecule has 0 radical (unpaired) electrons. The topological polar surface area (TPSA) is 67.6 Å². The summed E-state index contributed by atoms with van der Waals surface area (Å²) < 4.78 is 10.9. The molecule has 1 fully saturated rings. The van der Waals surface area contributed by atoms with Crippen LogP contribution in [0.5, 0.6) is 0 Å². The van der Waals surface area contributed by atoms with Gasteiger partial charge in [-0.3, -0.25) is 4.98 Å². The molecule has 6 nitrogen and oxygen atoms in total. The van der Waals surface area contributed by atoms with Crippen LogP contribution in [0.4, 0.5) is 4.79 Å². The van der Waals surface area contributed by atoms with Crippen LogP contribution in [0.3, 0.4) is 0 Å². The molecule has 0 aromatic carbocycles. The van der Waals surface area contributed by atoms with Crippen molar-refractivity contribution in [1.82, 2.24) is 15.2 Å². The molecule has 2 amide bonds. The fourth-order valence-electron chi connectivity index (χ4n) is 3.16. The van der Waals surface area contributed by atoms with E-state index in [4.69, 9.17) is 9.15 Å². The summed E-state index contributed by atoms with van der Waals surface area (Å²) in [6.45, 7) is 3.76. The van der Waals surface area contributed by atoms with Crippen LogP contribution >= 0.6 is 0 Å². The van der Waals surface area contributed by atoms with Gasteiger partial charge in [0.1, 0.15) is 18.1 Å². The van der Waals surface area contributed by atoms with Gasteiger partial charge in [-0.2, -0.15) is 0 Å². The summed E-state index contributed by atoms with van der Waals surface area (Å²) in [7, 11) is 1.64. The van der Waals surface area contributed by atoms with Crippen LogP contribution in [0, 0.1) is 6.92 Å². The third kappa shape index (κ3) is 4.39. The highest BCUT2D eigenvalue weighted by Gasteiger charge is 2.32. The first kappa shape index (κ1) is 17.5. The van der Waals surface area contributed by atoms with E-state index in [1.807, 2.05) is 42.3 Å². The van der Waals surface area contributed by atoms with Crippen LogP contribution in [0.15, 0.2) is 34.9 Å². The minimum Gasteiger partial charge on any atom is -0.461 e. The first-order chi connectivity index (χ1) is 12.2. The van der Waals surface area contributed by atoms with Gasteiger partial charge in [0.25, 0.3) is 0 Å². The number of hydrogen-bond donors (Lipinski definition) is 1. The minimum atomic E-state index is -0.0349. The number of furan rings is 1. The molecule has 134 valence electrons. The first-order valence-electron chi connectivity index (χ1n) is 8.71. The van der Waals surface area contributed by atoms with Crippen LogP contribution in [0.1, 0.15) is 41.7 Å². The number of methoxy groups -OCH3 is 1. The smallest absolute Gasteiger partial charge is 0.318 e. The fraction of sp³-hybridized carbons (Fsp3) is 0.474. The minimum absolute atomic E-state index is 0.00616. The zero-order valence-electron chi connectivity index (χ0n) is 14.8. The van der Waals surface area contributed by atoms with Gasteiger partial charge in [0.15, 0.2) is 0 Å². The molecule has 1 aliphatic rings. The molecular formula is C19H25N3O3. The van der Waals surface area contributed by atoms with Gasteiger partial charge in [0.2, 0.25) is 0 Å². The van der Waals surface area contributed by atoms with Crippen molar-refractivity contribution in [3.63, 3.8) is 0 Å². The van der Waals surface area contributed by atoms with Crippen molar-refractivity contribution in [2.24, 2.45) is 0 Å². The monoisotopic (exact) mass is 343 g/mol. The van der Waals surface area contributed by atoms with Crippen LogP contribution in [-0.4, -0.2) is 36.1 Å². The summed E-state index contributed by atoms with van der Waals surface area (Å²) in [5, 5.41) is 3.01. The highest BCUT2D eigenvalue weighted by molar-refractivity contribution is 5.75. The maximum Gasteiger partial charge on any atom is 0.318 e. The number of nitrogens with one attached hydrogen (secondary N) is 1. The van der Waals surface area contributed by atoms with E-state index in [1.165, 1.54) is 0 Å². The molecule has 0 aliphatic carbocycles. The highest BCUT2D eigenvalue weighted by Crippen LogP contribution is 2.33. The fourth-order valence-corrected chi connectivity index (χ4v) is 3.16. The average molecular weight is 343 g/mol. The van der Waals surface area contributed by atoms with Gasteiger partial charge >= 0.3 is 6.03 Å². The first-order valence-corrected chi connectivity index (χ1v) is 8.71. The van der Waals surface area contributed by atoms with Crippen LogP contribution < -0.4 is 5.32 Å². The van der Waals surface area contributed by atoms with E-state index in [1.54, 1.807) is 7.11 Å². The summed E-state index contributed by atoms with van der Waals surface area (Å²) in [6.07, 6.45) is 4.55. The third-order valence-electron chi connectivity index (χ3n) is 4.47. The standard InChI is InChI=1S/C19H25N3O3/c1-14-5-6-15(12-21-14)9-10-20-19(23)22-11-3-4-17(22)18-8-7-16(25-18)13-24-2/h5-8,12,17H,3-4,9-11,13H2,1-2H3,(H,20,23)/t17-/m0/s1. The number of aryl methyl sites for hydroxylation is 1. The van der Waals surface area contributed by atoms with Gasteiger partial charge in [-0.25, -0.2) is 4.79 Å². The van der Waals surface area contributed by atoms with Crippen molar-refractivity contribution in [3.8, 4) is 0 Å². The number of nitrogens with zero attached hydrogens (tertiary/aromatic N) is 2. The van der Waals surface area contributed by atoms with Gasteiger partial charge in [-0.05, 0) is 49.9 Å². The summed E-state index contributed by atoms with van der Waals surface area (Å²) >= 11 is 0. The molecule has 3 rings (SSSR count). The number of amides is 2. The molecule has 25 heavy (non-hydrogen) atoms. The lowest BCUT2D eigenvalue weighted by atomic mass is 10.2. The normalized spacial score (nSPS) is 17.0. The third-order valence-corrected chi connectivity index (χ3v) is 4.47. The molecule has 2 aromatic rings. The number of pyridine rings is 1. The van der Waals surface area contributed by atoms with E-state index in [-0.39, 0.29) is 12.1 Å².